The largest absolute Gasteiger partial charge is 0.383 e. The Morgan fingerprint density at radius 1 is 1.13 bits per heavy atom. The Morgan fingerprint density at radius 3 is 2.94 bits per heavy atom. The van der Waals surface area contributed by atoms with Crippen LogP contribution in [0, 0.1) is 6.92 Å². The van der Waals surface area contributed by atoms with Crippen LogP contribution < -0.4 is 10.2 Å². The first-order valence-corrected chi connectivity index (χ1v) is 10.4. The summed E-state index contributed by atoms with van der Waals surface area (Å²) in [6.07, 6.45) is 3.80. The Bertz CT molecular complexity index is 1200. The normalized spacial score (nSPS) is 16.7. The number of anilines is 1. The van der Waals surface area contributed by atoms with Crippen molar-refractivity contribution >= 4 is 16.7 Å². The quantitative estimate of drug-likeness (QED) is 0.518. The number of ether oxygens (including phenoxy) is 1. The first kappa shape index (κ1) is 19.6. The molecule has 0 spiro atoms. The molecular weight excluding hydrogens is 390 g/mol. The number of hydrogen-bond donors (Lipinski definition) is 2. The molecule has 0 amide bonds. The van der Waals surface area contributed by atoms with Gasteiger partial charge < -0.3 is 15.0 Å². The molecule has 4 aromatic heterocycles. The lowest BCUT2D eigenvalue weighted by atomic mass is 10.1. The molecule has 5 rings (SSSR count). The molecule has 5 heterocycles. The van der Waals surface area contributed by atoms with E-state index in [-0.39, 0.29) is 0 Å². The van der Waals surface area contributed by atoms with Crippen LogP contribution >= 0.6 is 0 Å². The maximum Gasteiger partial charge on any atom is 0.120 e. The SMILES string of the molecule is COC[C@H]1CN(c2cnc3ccc(-c4c[nH]nc4-c4cccc(C)n4)nc3c2)CCN1. The highest BCUT2D eigenvalue weighted by atomic mass is 16.5. The number of aromatic nitrogens is 5. The summed E-state index contributed by atoms with van der Waals surface area (Å²) < 4.78 is 5.32. The molecular formula is C23H25N7O. The summed E-state index contributed by atoms with van der Waals surface area (Å²) in [4.78, 5) is 16.5. The van der Waals surface area contributed by atoms with Gasteiger partial charge in [0.15, 0.2) is 0 Å². The smallest absolute Gasteiger partial charge is 0.120 e. The maximum absolute atomic E-state index is 5.32. The molecule has 0 aliphatic carbocycles. The maximum atomic E-state index is 5.32. The minimum atomic E-state index is 0.309. The number of methoxy groups -OCH3 is 1. The Balaban J connectivity index is 1.49. The summed E-state index contributed by atoms with van der Waals surface area (Å²) in [5, 5.41) is 10.9. The van der Waals surface area contributed by atoms with Crippen molar-refractivity contribution in [2.24, 2.45) is 0 Å². The van der Waals surface area contributed by atoms with Gasteiger partial charge in [0.05, 0.1) is 40.9 Å². The molecule has 0 aromatic carbocycles. The lowest BCUT2D eigenvalue weighted by Gasteiger charge is -2.34. The van der Waals surface area contributed by atoms with Crippen LogP contribution in [0.25, 0.3) is 33.7 Å². The second-order valence-corrected chi connectivity index (χ2v) is 7.79. The van der Waals surface area contributed by atoms with E-state index in [0.29, 0.717) is 12.6 Å². The van der Waals surface area contributed by atoms with E-state index in [1.165, 1.54) is 0 Å². The highest BCUT2D eigenvalue weighted by molar-refractivity contribution is 5.84. The molecule has 158 valence electrons. The minimum Gasteiger partial charge on any atom is -0.383 e. The van der Waals surface area contributed by atoms with Gasteiger partial charge in [-0.25, -0.2) is 4.98 Å². The van der Waals surface area contributed by atoms with Crippen molar-refractivity contribution in [3.63, 3.8) is 0 Å². The lowest BCUT2D eigenvalue weighted by molar-refractivity contribution is 0.163. The van der Waals surface area contributed by atoms with E-state index in [4.69, 9.17) is 9.72 Å². The number of hydrogen-bond acceptors (Lipinski definition) is 7. The van der Waals surface area contributed by atoms with Gasteiger partial charge in [0.25, 0.3) is 0 Å². The summed E-state index contributed by atoms with van der Waals surface area (Å²) in [7, 11) is 1.74. The molecule has 0 saturated carbocycles. The van der Waals surface area contributed by atoms with Gasteiger partial charge in [0.1, 0.15) is 5.69 Å². The van der Waals surface area contributed by atoms with Crippen LogP contribution in [0.4, 0.5) is 5.69 Å². The number of nitrogens with one attached hydrogen (secondary N) is 2. The van der Waals surface area contributed by atoms with Crippen LogP contribution in [0.15, 0.2) is 48.8 Å². The average Bonchev–Trinajstić information content (AvgIpc) is 3.29. The van der Waals surface area contributed by atoms with Crippen molar-refractivity contribution in [1.82, 2.24) is 30.5 Å². The third-order valence-corrected chi connectivity index (χ3v) is 5.56. The van der Waals surface area contributed by atoms with Crippen LogP contribution in [0.2, 0.25) is 0 Å². The number of H-pyrrole nitrogens is 1. The van der Waals surface area contributed by atoms with Crippen molar-refractivity contribution in [2.45, 2.75) is 13.0 Å². The zero-order valence-electron chi connectivity index (χ0n) is 17.7. The zero-order chi connectivity index (χ0) is 21.2. The highest BCUT2D eigenvalue weighted by Crippen LogP contribution is 2.29. The average molecular weight is 416 g/mol. The molecule has 1 atom stereocenters. The molecule has 0 unspecified atom stereocenters. The molecule has 4 aromatic rings. The number of aryl methyl sites for hydroxylation is 1. The van der Waals surface area contributed by atoms with Gasteiger partial charge in [0, 0.05) is 50.2 Å². The summed E-state index contributed by atoms with van der Waals surface area (Å²) in [6.45, 7) is 5.39. The summed E-state index contributed by atoms with van der Waals surface area (Å²) in [6, 6.07) is 12.4. The Kier molecular flexibility index (Phi) is 5.31. The number of piperazine rings is 1. The molecule has 0 bridgehead atoms. The first-order chi connectivity index (χ1) is 15.2. The van der Waals surface area contributed by atoms with Crippen molar-refractivity contribution < 1.29 is 4.74 Å². The molecule has 8 heteroatoms. The van der Waals surface area contributed by atoms with Crippen LogP contribution in [0.5, 0.6) is 0 Å². The van der Waals surface area contributed by atoms with Gasteiger partial charge in [-0.05, 0) is 37.3 Å². The molecule has 8 nitrogen and oxygen atoms in total. The van der Waals surface area contributed by atoms with E-state index < -0.39 is 0 Å². The van der Waals surface area contributed by atoms with E-state index in [9.17, 15) is 0 Å². The van der Waals surface area contributed by atoms with Gasteiger partial charge in [-0.1, -0.05) is 6.07 Å². The number of pyridine rings is 3. The van der Waals surface area contributed by atoms with Gasteiger partial charge in [-0.3, -0.25) is 15.1 Å². The van der Waals surface area contributed by atoms with Crippen LogP contribution in [0.3, 0.4) is 0 Å². The fourth-order valence-corrected chi connectivity index (χ4v) is 4.05. The molecule has 0 radical (unpaired) electrons. The van der Waals surface area contributed by atoms with E-state index in [1.54, 1.807) is 7.11 Å². The van der Waals surface area contributed by atoms with E-state index >= 15 is 0 Å². The van der Waals surface area contributed by atoms with Crippen molar-refractivity contribution in [1.29, 1.82) is 0 Å². The number of fused-ring (bicyclic) bond motifs is 1. The van der Waals surface area contributed by atoms with Crippen LogP contribution in [-0.2, 0) is 4.74 Å². The second kappa shape index (κ2) is 8.41. The van der Waals surface area contributed by atoms with Gasteiger partial charge in [-0.15, -0.1) is 0 Å². The zero-order valence-corrected chi connectivity index (χ0v) is 17.7. The molecule has 1 saturated heterocycles. The Hall–Kier alpha value is -3.36. The van der Waals surface area contributed by atoms with Crippen LogP contribution in [-0.4, -0.2) is 64.5 Å². The third-order valence-electron chi connectivity index (χ3n) is 5.56. The highest BCUT2D eigenvalue weighted by Gasteiger charge is 2.20. The van der Waals surface area contributed by atoms with Crippen LogP contribution in [0.1, 0.15) is 5.69 Å². The first-order valence-electron chi connectivity index (χ1n) is 10.4. The monoisotopic (exact) mass is 415 g/mol. The van der Waals surface area contributed by atoms with Gasteiger partial charge in [-0.2, -0.15) is 5.10 Å². The standard InChI is InChI=1S/C23H25N7O/c1-15-4-3-5-21(27-15)23-18(12-26-29-23)19-6-7-20-22(28-19)10-17(11-25-20)30-9-8-24-16(13-30)14-31-2/h3-7,10-12,16,24H,8-9,13-14H2,1-2H3,(H,26,29)/t16-/m1/s1. The number of rotatable bonds is 5. The van der Waals surface area contributed by atoms with Gasteiger partial charge in [0.2, 0.25) is 0 Å². The Labute approximate surface area is 180 Å². The van der Waals surface area contributed by atoms with Crippen molar-refractivity contribution in [3.8, 4) is 22.6 Å². The van der Waals surface area contributed by atoms with E-state index in [0.717, 1.165) is 64.7 Å². The minimum absolute atomic E-state index is 0.309. The number of aromatic amines is 1. The van der Waals surface area contributed by atoms with E-state index in [1.807, 2.05) is 49.6 Å². The predicted molar refractivity (Wildman–Crippen MR) is 121 cm³/mol. The molecule has 2 N–H and O–H groups in total. The summed E-state index contributed by atoms with van der Waals surface area (Å²) in [5.74, 6) is 0. The fourth-order valence-electron chi connectivity index (χ4n) is 4.05. The van der Waals surface area contributed by atoms with E-state index in [2.05, 4.69) is 36.4 Å². The van der Waals surface area contributed by atoms with Crippen molar-refractivity contribution in [3.05, 3.63) is 54.5 Å². The Morgan fingerprint density at radius 2 is 2.06 bits per heavy atom. The second-order valence-electron chi connectivity index (χ2n) is 7.79. The topological polar surface area (TPSA) is 91.9 Å². The summed E-state index contributed by atoms with van der Waals surface area (Å²) >= 11 is 0. The fraction of sp³-hybridized carbons (Fsp3) is 0.304. The lowest BCUT2D eigenvalue weighted by Crippen LogP contribution is -2.52. The third kappa shape index (κ3) is 3.99. The predicted octanol–water partition coefficient (Wildman–Crippen LogP) is 2.81. The van der Waals surface area contributed by atoms with Crippen molar-refractivity contribution in [2.75, 3.05) is 38.3 Å². The molecule has 1 aliphatic rings. The van der Waals surface area contributed by atoms with Gasteiger partial charge >= 0.3 is 0 Å². The summed E-state index contributed by atoms with van der Waals surface area (Å²) in [5.41, 5.74) is 7.15. The number of nitrogens with zero attached hydrogens (tertiary/aromatic N) is 5. The molecule has 31 heavy (non-hydrogen) atoms. The molecule has 1 fully saturated rings. The molecule has 1 aliphatic heterocycles.